The van der Waals surface area contributed by atoms with Crippen LogP contribution in [0.5, 0.6) is 0 Å². The van der Waals surface area contributed by atoms with Gasteiger partial charge in [-0.05, 0) is 32.4 Å². The number of aryl methyl sites for hydroxylation is 1. The van der Waals surface area contributed by atoms with Crippen LogP contribution in [0, 0.1) is 6.92 Å². The quantitative estimate of drug-likeness (QED) is 0.640. The molecule has 3 nitrogen and oxygen atoms in total. The van der Waals surface area contributed by atoms with Gasteiger partial charge in [0.05, 0.1) is 5.56 Å². The molecule has 0 fully saturated rings. The monoisotopic (exact) mass is 232 g/mol. The maximum atomic E-state index is 12.4. The van der Waals surface area contributed by atoms with Gasteiger partial charge in [0.2, 0.25) is 0 Å². The van der Waals surface area contributed by atoms with E-state index in [-0.39, 0.29) is 11.9 Å². The molecule has 0 spiro atoms. The van der Waals surface area contributed by atoms with Crippen molar-refractivity contribution in [3.63, 3.8) is 0 Å². The average molecular weight is 232 g/mol. The molecule has 1 amide bonds. The molecule has 0 heterocycles. The summed E-state index contributed by atoms with van der Waals surface area (Å²) in [5, 5.41) is 0. The highest BCUT2D eigenvalue weighted by Crippen LogP contribution is 2.19. The Morgan fingerprint density at radius 3 is 2.65 bits per heavy atom. The molecule has 0 radical (unpaired) electrons. The van der Waals surface area contributed by atoms with E-state index in [9.17, 15) is 4.79 Å². The third-order valence-electron chi connectivity index (χ3n) is 2.73. The first-order valence-electron chi connectivity index (χ1n) is 5.76. The zero-order chi connectivity index (χ0) is 13.0. The maximum absolute atomic E-state index is 12.4. The molecular weight excluding hydrogens is 212 g/mol. The van der Waals surface area contributed by atoms with E-state index in [1.807, 2.05) is 32.9 Å². The van der Waals surface area contributed by atoms with Gasteiger partial charge in [0.1, 0.15) is 0 Å². The molecule has 0 saturated heterocycles. The number of anilines is 1. The SMILES string of the molecule is C=CCN(C(=O)c1c(C)cccc1N)C(C)C. The summed E-state index contributed by atoms with van der Waals surface area (Å²) < 4.78 is 0. The number of nitrogens with two attached hydrogens (primary N) is 1. The van der Waals surface area contributed by atoms with E-state index in [4.69, 9.17) is 5.73 Å². The standard InChI is InChI=1S/C14H20N2O/c1-5-9-16(10(2)3)14(17)13-11(4)7-6-8-12(13)15/h5-8,10H,1,9,15H2,2-4H3. The predicted molar refractivity (Wildman–Crippen MR) is 72.0 cm³/mol. The van der Waals surface area contributed by atoms with Gasteiger partial charge < -0.3 is 10.6 Å². The molecule has 3 heteroatoms. The van der Waals surface area contributed by atoms with Crippen LogP contribution in [0.1, 0.15) is 29.8 Å². The van der Waals surface area contributed by atoms with Gasteiger partial charge in [0.25, 0.3) is 5.91 Å². The number of carbonyl (C=O) groups excluding carboxylic acids is 1. The zero-order valence-electron chi connectivity index (χ0n) is 10.7. The fourth-order valence-corrected chi connectivity index (χ4v) is 1.79. The smallest absolute Gasteiger partial charge is 0.256 e. The Kier molecular flexibility index (Phi) is 4.32. The molecule has 17 heavy (non-hydrogen) atoms. The van der Waals surface area contributed by atoms with Crippen molar-refractivity contribution in [2.45, 2.75) is 26.8 Å². The maximum Gasteiger partial charge on any atom is 0.256 e. The summed E-state index contributed by atoms with van der Waals surface area (Å²) in [5.41, 5.74) is 7.92. The number of benzene rings is 1. The fourth-order valence-electron chi connectivity index (χ4n) is 1.79. The van der Waals surface area contributed by atoms with Crippen LogP contribution in [-0.4, -0.2) is 23.4 Å². The van der Waals surface area contributed by atoms with Crippen LogP contribution >= 0.6 is 0 Å². The molecule has 0 atom stereocenters. The molecule has 2 N–H and O–H groups in total. The van der Waals surface area contributed by atoms with Crippen molar-refractivity contribution >= 4 is 11.6 Å². The van der Waals surface area contributed by atoms with Gasteiger partial charge in [-0.3, -0.25) is 4.79 Å². The lowest BCUT2D eigenvalue weighted by atomic mass is 10.0. The predicted octanol–water partition coefficient (Wildman–Crippen LogP) is 2.61. The van der Waals surface area contributed by atoms with E-state index in [0.717, 1.165) is 5.56 Å². The lowest BCUT2D eigenvalue weighted by Gasteiger charge is -2.26. The molecular formula is C14H20N2O. The molecule has 0 unspecified atom stereocenters. The number of nitrogen functional groups attached to an aromatic ring is 1. The molecule has 92 valence electrons. The first-order valence-corrected chi connectivity index (χ1v) is 5.76. The van der Waals surface area contributed by atoms with Crippen LogP contribution in [0.15, 0.2) is 30.9 Å². The topological polar surface area (TPSA) is 46.3 Å². The Labute approximate surface area is 103 Å². The van der Waals surface area contributed by atoms with E-state index in [0.29, 0.717) is 17.8 Å². The summed E-state index contributed by atoms with van der Waals surface area (Å²) in [6.07, 6.45) is 1.73. The Hall–Kier alpha value is -1.77. The Bertz CT molecular complexity index is 404. The van der Waals surface area contributed by atoms with Crippen molar-refractivity contribution in [1.29, 1.82) is 0 Å². The highest BCUT2D eigenvalue weighted by atomic mass is 16.2. The molecule has 0 aliphatic heterocycles. The number of carbonyl (C=O) groups is 1. The van der Waals surface area contributed by atoms with Crippen LogP contribution in [-0.2, 0) is 0 Å². The fraction of sp³-hybridized carbons (Fsp3) is 0.357. The van der Waals surface area contributed by atoms with Gasteiger partial charge in [-0.25, -0.2) is 0 Å². The van der Waals surface area contributed by atoms with Gasteiger partial charge in [-0.1, -0.05) is 18.2 Å². The lowest BCUT2D eigenvalue weighted by Crippen LogP contribution is -2.37. The third-order valence-corrected chi connectivity index (χ3v) is 2.73. The number of rotatable bonds is 4. The highest BCUT2D eigenvalue weighted by molar-refractivity contribution is 6.00. The highest BCUT2D eigenvalue weighted by Gasteiger charge is 2.20. The molecule has 0 aliphatic rings. The molecule has 0 aromatic heterocycles. The molecule has 0 saturated carbocycles. The van der Waals surface area contributed by atoms with E-state index < -0.39 is 0 Å². The van der Waals surface area contributed by atoms with Gasteiger partial charge in [-0.15, -0.1) is 6.58 Å². The van der Waals surface area contributed by atoms with Crippen LogP contribution < -0.4 is 5.73 Å². The normalized spacial score (nSPS) is 10.4. The van der Waals surface area contributed by atoms with Crippen molar-refractivity contribution in [2.24, 2.45) is 0 Å². The van der Waals surface area contributed by atoms with Gasteiger partial charge in [0, 0.05) is 18.3 Å². The van der Waals surface area contributed by atoms with Crippen molar-refractivity contribution in [3.05, 3.63) is 42.0 Å². The first kappa shape index (κ1) is 13.3. The van der Waals surface area contributed by atoms with Crippen molar-refractivity contribution < 1.29 is 4.79 Å². The summed E-state index contributed by atoms with van der Waals surface area (Å²) in [4.78, 5) is 14.2. The summed E-state index contributed by atoms with van der Waals surface area (Å²) in [6.45, 7) is 10.1. The Morgan fingerprint density at radius 1 is 1.53 bits per heavy atom. The van der Waals surface area contributed by atoms with Gasteiger partial charge >= 0.3 is 0 Å². The second kappa shape index (κ2) is 5.53. The molecule has 1 aromatic rings. The van der Waals surface area contributed by atoms with Crippen LogP contribution in [0.3, 0.4) is 0 Å². The second-order valence-electron chi connectivity index (χ2n) is 4.38. The second-order valence-corrected chi connectivity index (χ2v) is 4.38. The van der Waals surface area contributed by atoms with Gasteiger partial charge in [-0.2, -0.15) is 0 Å². The summed E-state index contributed by atoms with van der Waals surface area (Å²) in [6, 6.07) is 5.64. The number of nitrogens with zero attached hydrogens (tertiary/aromatic N) is 1. The van der Waals surface area contributed by atoms with E-state index >= 15 is 0 Å². The van der Waals surface area contributed by atoms with Crippen molar-refractivity contribution in [3.8, 4) is 0 Å². The van der Waals surface area contributed by atoms with E-state index in [2.05, 4.69) is 6.58 Å². The summed E-state index contributed by atoms with van der Waals surface area (Å²) >= 11 is 0. The zero-order valence-corrected chi connectivity index (χ0v) is 10.7. The summed E-state index contributed by atoms with van der Waals surface area (Å²) in [7, 11) is 0. The number of amides is 1. The number of hydrogen-bond acceptors (Lipinski definition) is 2. The Morgan fingerprint density at radius 2 is 2.18 bits per heavy atom. The number of hydrogen-bond donors (Lipinski definition) is 1. The van der Waals surface area contributed by atoms with Gasteiger partial charge in [0.15, 0.2) is 0 Å². The molecule has 1 aromatic carbocycles. The lowest BCUT2D eigenvalue weighted by molar-refractivity contribution is 0.0729. The minimum absolute atomic E-state index is 0.0319. The van der Waals surface area contributed by atoms with Crippen LogP contribution in [0.4, 0.5) is 5.69 Å². The largest absolute Gasteiger partial charge is 0.398 e. The van der Waals surface area contributed by atoms with E-state index in [1.54, 1.807) is 17.0 Å². The Balaban J connectivity index is 3.13. The minimum Gasteiger partial charge on any atom is -0.398 e. The molecule has 0 bridgehead atoms. The van der Waals surface area contributed by atoms with Crippen LogP contribution in [0.2, 0.25) is 0 Å². The third kappa shape index (κ3) is 2.87. The average Bonchev–Trinajstić information content (AvgIpc) is 2.24. The van der Waals surface area contributed by atoms with E-state index in [1.165, 1.54) is 0 Å². The minimum atomic E-state index is -0.0319. The van der Waals surface area contributed by atoms with Crippen LogP contribution in [0.25, 0.3) is 0 Å². The molecule has 1 rings (SSSR count). The summed E-state index contributed by atoms with van der Waals surface area (Å²) in [5.74, 6) is -0.0319. The van der Waals surface area contributed by atoms with Crippen molar-refractivity contribution in [2.75, 3.05) is 12.3 Å². The molecule has 0 aliphatic carbocycles. The first-order chi connectivity index (χ1) is 7.99. The van der Waals surface area contributed by atoms with Crippen molar-refractivity contribution in [1.82, 2.24) is 4.90 Å².